The Morgan fingerprint density at radius 1 is 0.305 bits per heavy atom. The van der Waals surface area contributed by atoms with Crippen molar-refractivity contribution in [2.24, 2.45) is 57.3 Å². The molecule has 718 valence electrons. The van der Waals surface area contributed by atoms with E-state index in [1.54, 1.807) is 12.1 Å². The van der Waals surface area contributed by atoms with Gasteiger partial charge in [-0.15, -0.1) is 0 Å². The molecule has 0 aliphatic carbocycles. The summed E-state index contributed by atoms with van der Waals surface area (Å²) in [6.07, 6.45) is -1.83. The number of thiol groups is 1. The maximum Gasteiger partial charge on any atom is 0.327 e. The van der Waals surface area contributed by atoms with Gasteiger partial charge in [-0.25, -0.2) is 4.79 Å². The number of hydrogen-bond acceptors (Lipinski definition) is 27. The molecular formula is C73H132N36O18S. The summed E-state index contributed by atoms with van der Waals surface area (Å²) < 4.78 is 0. The molecule has 54 nitrogen and oxygen atoms in total. The minimum Gasteiger partial charge on any atom is -0.508 e. The van der Waals surface area contributed by atoms with Crippen molar-refractivity contribution in [1.29, 1.82) is 32.5 Å². The summed E-state index contributed by atoms with van der Waals surface area (Å²) in [5.74, 6) is -18.9. The van der Waals surface area contributed by atoms with E-state index >= 15 is 0 Å². The average Bonchev–Trinajstić information content (AvgIpc) is 0.856. The van der Waals surface area contributed by atoms with E-state index < -0.39 is 230 Å². The summed E-state index contributed by atoms with van der Waals surface area (Å²) in [5, 5.41) is 115. The molecule has 0 spiro atoms. The van der Waals surface area contributed by atoms with Crippen molar-refractivity contribution in [3.8, 4) is 5.75 Å². The predicted octanol–water partition coefficient (Wildman–Crippen LogP) is -13.3. The first kappa shape index (κ1) is 112. The van der Waals surface area contributed by atoms with Crippen LogP contribution in [0.25, 0.3) is 0 Å². The number of carboxylic acids is 1. The van der Waals surface area contributed by atoms with Crippen LogP contribution in [0.15, 0.2) is 24.3 Å². The highest BCUT2D eigenvalue weighted by Crippen LogP contribution is 2.14. The fourth-order valence-corrected chi connectivity index (χ4v) is 12.0. The highest BCUT2D eigenvalue weighted by molar-refractivity contribution is 7.80. The van der Waals surface area contributed by atoms with E-state index in [-0.39, 0.29) is 179 Å². The lowest BCUT2D eigenvalue weighted by molar-refractivity contribution is -0.141. The largest absolute Gasteiger partial charge is 0.508 e. The van der Waals surface area contributed by atoms with Gasteiger partial charge < -0.3 is 174 Å². The van der Waals surface area contributed by atoms with E-state index in [0.717, 1.165) is 0 Å². The number of amides is 15. The minimum atomic E-state index is -1.82. The second kappa shape index (κ2) is 64.2. The first-order chi connectivity index (χ1) is 60.6. The molecule has 1 aromatic rings. The Morgan fingerprint density at radius 3 is 0.820 bits per heavy atom. The molecule has 48 N–H and O–H groups in total. The molecule has 0 aliphatic heterocycles. The van der Waals surface area contributed by atoms with Gasteiger partial charge in [-0.3, -0.25) is 104 Å². The molecule has 1 aromatic carbocycles. The fraction of sp³-hybridized carbons (Fsp3) is 0.616. The van der Waals surface area contributed by atoms with Crippen molar-refractivity contribution in [3.63, 3.8) is 0 Å². The quantitative estimate of drug-likeness (QED) is 0.0125. The van der Waals surface area contributed by atoms with E-state index in [1.165, 1.54) is 12.1 Å². The predicted molar refractivity (Wildman–Crippen MR) is 472 cm³/mol. The number of carbonyl (C=O) groups is 16. The van der Waals surface area contributed by atoms with Crippen molar-refractivity contribution in [3.05, 3.63) is 29.8 Å². The molecule has 0 saturated carbocycles. The van der Waals surface area contributed by atoms with Gasteiger partial charge in [0.1, 0.15) is 66.2 Å². The topological polar surface area (TPSA) is 957 Å². The molecule has 0 heterocycles. The first-order valence-corrected chi connectivity index (χ1v) is 41.9. The van der Waals surface area contributed by atoms with E-state index in [0.29, 0.717) is 18.4 Å². The van der Waals surface area contributed by atoms with Crippen molar-refractivity contribution in [2.45, 2.75) is 201 Å². The van der Waals surface area contributed by atoms with Crippen LogP contribution in [0.4, 0.5) is 0 Å². The summed E-state index contributed by atoms with van der Waals surface area (Å²) >= 11 is 3.85. The number of guanidine groups is 6. The number of primary amides is 1. The lowest BCUT2D eigenvalue weighted by atomic mass is 10.0. The van der Waals surface area contributed by atoms with Gasteiger partial charge >= 0.3 is 5.97 Å². The Morgan fingerprint density at radius 2 is 0.547 bits per heavy atom. The zero-order valence-corrected chi connectivity index (χ0v) is 72.2. The number of hydrogen-bond donors (Lipinski definition) is 39. The third-order valence-corrected chi connectivity index (χ3v) is 18.8. The van der Waals surface area contributed by atoms with Crippen LogP contribution in [0, 0.1) is 32.5 Å². The lowest BCUT2D eigenvalue weighted by Gasteiger charge is -2.28. The number of benzene rings is 1. The van der Waals surface area contributed by atoms with Gasteiger partial charge in [0, 0.05) is 51.4 Å². The van der Waals surface area contributed by atoms with Crippen molar-refractivity contribution in [2.75, 3.05) is 84.3 Å². The Balaban J connectivity index is 3.92. The smallest absolute Gasteiger partial charge is 0.327 e. The number of aromatic hydroxyl groups is 1. The van der Waals surface area contributed by atoms with E-state index in [9.17, 15) is 81.8 Å². The molecule has 0 aliphatic rings. The van der Waals surface area contributed by atoms with Gasteiger partial charge in [0.05, 0.1) is 32.2 Å². The first-order valence-electron chi connectivity index (χ1n) is 41.2. The molecule has 11 atom stereocenters. The highest BCUT2D eigenvalue weighted by Gasteiger charge is 2.37. The van der Waals surface area contributed by atoms with Crippen LogP contribution in [-0.4, -0.2) is 291 Å². The van der Waals surface area contributed by atoms with Crippen LogP contribution in [0.5, 0.6) is 5.75 Å². The monoisotopic (exact) mass is 1830 g/mol. The third-order valence-electron chi connectivity index (χ3n) is 18.5. The van der Waals surface area contributed by atoms with Crippen molar-refractivity contribution < 1.29 is 86.9 Å². The normalized spacial score (nSPS) is 13.3. The Labute approximate surface area is 744 Å². The molecule has 0 aromatic heterocycles. The number of carbonyl (C=O) groups excluding carboxylic acids is 15. The van der Waals surface area contributed by atoms with Gasteiger partial charge in [0.15, 0.2) is 35.8 Å². The Hall–Kier alpha value is -13.6. The maximum atomic E-state index is 15.0. The molecule has 0 fully saturated rings. The molecule has 128 heavy (non-hydrogen) atoms. The van der Waals surface area contributed by atoms with Crippen LogP contribution in [0.1, 0.15) is 134 Å². The highest BCUT2D eigenvalue weighted by atomic mass is 32.1. The lowest BCUT2D eigenvalue weighted by Crippen LogP contribution is -2.60. The van der Waals surface area contributed by atoms with E-state index in [2.05, 4.69) is 119 Å². The van der Waals surface area contributed by atoms with Gasteiger partial charge in [0.25, 0.3) is 0 Å². The van der Waals surface area contributed by atoms with Crippen LogP contribution >= 0.6 is 12.6 Å². The maximum absolute atomic E-state index is 15.0. The number of unbranched alkanes of at least 4 members (excludes halogenated alkanes) is 2. The number of phenols is 1. The number of rotatable bonds is 67. The molecule has 0 bridgehead atoms. The van der Waals surface area contributed by atoms with Crippen LogP contribution in [0.3, 0.4) is 0 Å². The number of aliphatic carboxylic acids is 1. The summed E-state index contributed by atoms with van der Waals surface area (Å²) in [6.45, 7) is -2.84. The van der Waals surface area contributed by atoms with Gasteiger partial charge in [-0.2, -0.15) is 12.6 Å². The van der Waals surface area contributed by atoms with Crippen LogP contribution < -0.4 is 164 Å². The fourth-order valence-electron chi connectivity index (χ4n) is 11.8. The van der Waals surface area contributed by atoms with E-state index in [4.69, 9.17) is 94.9 Å². The molecular weight excluding hydrogens is 1700 g/mol. The summed E-state index contributed by atoms with van der Waals surface area (Å²) in [6, 6.07) is -10.9. The van der Waals surface area contributed by atoms with Gasteiger partial charge in [-0.1, -0.05) is 12.1 Å². The number of nitrogens with one attached hydrogen (secondary N) is 26. The van der Waals surface area contributed by atoms with Crippen molar-refractivity contribution >= 4 is 143 Å². The summed E-state index contributed by atoms with van der Waals surface area (Å²) in [5.41, 5.74) is 57.1. The molecule has 0 unspecified atom stereocenters. The zero-order chi connectivity index (χ0) is 96.2. The van der Waals surface area contributed by atoms with E-state index in [1.807, 2.05) is 0 Å². The molecule has 0 radical (unpaired) electrons. The molecule has 0 saturated heterocycles. The summed E-state index contributed by atoms with van der Waals surface area (Å²) in [7, 11) is 0. The summed E-state index contributed by atoms with van der Waals surface area (Å²) in [4.78, 5) is 220. The Bertz CT molecular complexity index is 3870. The van der Waals surface area contributed by atoms with Crippen LogP contribution in [-0.2, 0) is 83.1 Å². The average molecular weight is 1830 g/mol. The second-order valence-corrected chi connectivity index (χ2v) is 29.6. The number of phenolic OH excluding ortho intramolecular Hbond substituents is 1. The van der Waals surface area contributed by atoms with Gasteiger partial charge in [0.2, 0.25) is 88.6 Å². The van der Waals surface area contributed by atoms with Crippen LogP contribution in [0.2, 0.25) is 0 Å². The zero-order valence-electron chi connectivity index (χ0n) is 71.3. The van der Waals surface area contributed by atoms with Gasteiger partial charge in [-0.05, 0) is 159 Å². The standard InChI is InChI=1S/C73H132N36O18S/c74-25-3-1-11-44(103-59(118)43(14-6-28-91-69(80)81)100-56(115)37-98-57(116)41(76)33-39-19-21-40(110)22-20-39)60(119)104-45(12-2-4-26-75)61(120)105-47(16-8-30-93-71(84)85)63(122)107-49(18-10-32-95-73(88)89)65(124)109-50(23-24-52(77)111)66(125)108-48(17-9-31-94-72(86)87)64(123)106-46(15-7-29-92-70(82)83)62(121)102-42(13-5-27-90-68(78)79)58(117)99-35-54(113)96-34-53(112)97-36-55(114)101-51(38-128)67(126)127/h19-22,41-51,110,128H,1-18,23-38,74-76H2,(H2,77,111)(H,96,113)(H,97,112)(H,98,116)(H,99,117)(H,100,115)(H,101,114)(H,102,121)(H,103,118)(H,104,119)(H,105,120)(H,106,123)(H,107,122)(H,108,125)(H,109,124)(H,126,127)(H4,78,79,90)(H4,80,81,91)(H4,82,83,92)(H4,84,85,93)(H4,86,87,94)(H4,88,89,95)/t41-,42-,43-,44-,45-,46-,47-,48-,49-,50-,51-/m0/s1. The van der Waals surface area contributed by atoms with Crippen molar-refractivity contribution in [1.82, 2.24) is 106 Å². The molecule has 1 rings (SSSR count). The SMILES string of the molecule is N=C(N)NCCC[C@H](NC(=O)CNC(=O)[C@@H](N)Cc1ccc(O)cc1)C(=O)N[C@@H](CCCCN)C(=O)N[C@@H](CCCCN)C(=O)N[C@@H](CCCNC(=N)N)C(=O)N[C@@H](CCCNC(=N)N)C(=O)N[C@@H](CCC(N)=O)C(=O)N[C@@H](CCCNC(=N)N)C(=O)N[C@@H](CCCNC(=N)N)C(=O)N[C@@H](CCCNC(=N)N)C(=O)NCC(=O)NCC(=O)NCC(=O)N[C@@H](CS)C(=O)O. The Kier molecular flexibility index (Phi) is 56.4. The number of carboxylic acid groups (broad SMARTS) is 1. The second-order valence-electron chi connectivity index (χ2n) is 29.2. The molecule has 15 amide bonds. The minimum absolute atomic E-state index is 0.0110. The molecule has 55 heteroatoms. The number of nitrogens with two attached hydrogens (primary N) is 10. The third kappa shape index (κ3) is 52.2.